The third-order valence-electron chi connectivity index (χ3n) is 4.42. The van der Waals surface area contributed by atoms with Crippen LogP contribution in [-0.4, -0.2) is 24.2 Å². The third kappa shape index (κ3) is 2.69. The second-order valence-electron chi connectivity index (χ2n) is 6.16. The Hall–Kier alpha value is -3.28. The highest BCUT2D eigenvalue weighted by Gasteiger charge is 2.22. The lowest BCUT2D eigenvalue weighted by Gasteiger charge is -2.19. The van der Waals surface area contributed by atoms with E-state index in [2.05, 4.69) is 9.97 Å². The fourth-order valence-corrected chi connectivity index (χ4v) is 3.08. The Morgan fingerprint density at radius 1 is 1.08 bits per heavy atom. The van der Waals surface area contributed by atoms with Crippen LogP contribution >= 0.6 is 0 Å². The summed E-state index contributed by atoms with van der Waals surface area (Å²) in [5.74, 6) is 2.67. The molecule has 0 fully saturated rings. The number of nitrogens with one attached hydrogen (secondary N) is 1. The van der Waals surface area contributed by atoms with Crippen molar-refractivity contribution in [2.45, 2.75) is 13.3 Å². The molecule has 6 heteroatoms. The molecule has 1 aliphatic heterocycles. The summed E-state index contributed by atoms with van der Waals surface area (Å²) in [6.07, 6.45) is 0.501. The van der Waals surface area contributed by atoms with Crippen molar-refractivity contribution in [1.29, 1.82) is 0 Å². The highest BCUT2D eigenvalue weighted by Crippen LogP contribution is 2.36. The van der Waals surface area contributed by atoms with Crippen LogP contribution in [0.5, 0.6) is 23.1 Å². The number of H-pyrrole nitrogens is 1. The normalized spacial score (nSPS) is 12.0. The van der Waals surface area contributed by atoms with Crippen molar-refractivity contribution in [1.82, 2.24) is 9.97 Å². The van der Waals surface area contributed by atoms with Gasteiger partial charge in [-0.05, 0) is 36.8 Å². The first-order chi connectivity index (χ1) is 12.6. The van der Waals surface area contributed by atoms with Gasteiger partial charge in [0.1, 0.15) is 11.6 Å². The zero-order chi connectivity index (χ0) is 18.3. The van der Waals surface area contributed by atoms with Crippen molar-refractivity contribution in [2.24, 2.45) is 0 Å². The largest absolute Gasteiger partial charge is 0.493 e. The highest BCUT2D eigenvalue weighted by atomic mass is 16.5. The number of fused-ring (bicyclic) bond motifs is 2. The molecule has 2 heterocycles. The van der Waals surface area contributed by atoms with Gasteiger partial charge in [-0.15, -0.1) is 0 Å². The first kappa shape index (κ1) is 16.2. The van der Waals surface area contributed by atoms with E-state index in [0.29, 0.717) is 40.8 Å². The van der Waals surface area contributed by atoms with Gasteiger partial charge < -0.3 is 19.2 Å². The summed E-state index contributed by atoms with van der Waals surface area (Å²) in [7, 11) is 3.14. The number of methoxy groups -OCH3 is 2. The minimum Gasteiger partial charge on any atom is -0.493 e. The van der Waals surface area contributed by atoms with Crippen molar-refractivity contribution < 1.29 is 14.2 Å². The molecule has 26 heavy (non-hydrogen) atoms. The SMILES string of the molecule is COc1ccc(-c2nc3c(c(=O)[nH]2)Cc2cc(C)ccc2O3)cc1OC. The van der Waals surface area contributed by atoms with Gasteiger partial charge in [-0.1, -0.05) is 17.7 Å². The van der Waals surface area contributed by atoms with Crippen LogP contribution < -0.4 is 19.8 Å². The Kier molecular flexibility index (Phi) is 3.88. The molecule has 0 saturated heterocycles. The number of aromatic amines is 1. The van der Waals surface area contributed by atoms with Gasteiger partial charge in [0.25, 0.3) is 5.56 Å². The molecule has 6 nitrogen and oxygen atoms in total. The van der Waals surface area contributed by atoms with E-state index in [4.69, 9.17) is 14.2 Å². The lowest BCUT2D eigenvalue weighted by Crippen LogP contribution is -2.20. The van der Waals surface area contributed by atoms with E-state index in [-0.39, 0.29) is 5.56 Å². The highest BCUT2D eigenvalue weighted by molar-refractivity contribution is 5.62. The Balaban J connectivity index is 1.78. The molecule has 1 aliphatic rings. The second kappa shape index (κ2) is 6.22. The molecule has 0 aliphatic carbocycles. The Labute approximate surface area is 150 Å². The predicted octanol–water partition coefficient (Wildman–Crippen LogP) is 3.46. The zero-order valence-corrected chi connectivity index (χ0v) is 14.8. The summed E-state index contributed by atoms with van der Waals surface area (Å²) < 4.78 is 16.5. The van der Waals surface area contributed by atoms with Crippen molar-refractivity contribution in [3.63, 3.8) is 0 Å². The molecule has 2 aromatic carbocycles. The predicted molar refractivity (Wildman–Crippen MR) is 97.5 cm³/mol. The summed E-state index contributed by atoms with van der Waals surface area (Å²) in [5, 5.41) is 0. The van der Waals surface area contributed by atoms with Gasteiger partial charge in [-0.3, -0.25) is 4.79 Å². The second-order valence-corrected chi connectivity index (χ2v) is 6.16. The minimum absolute atomic E-state index is 0.202. The maximum atomic E-state index is 12.6. The molecule has 0 saturated carbocycles. The molecule has 3 aromatic rings. The first-order valence-electron chi connectivity index (χ1n) is 8.22. The monoisotopic (exact) mass is 350 g/mol. The lowest BCUT2D eigenvalue weighted by atomic mass is 10.0. The van der Waals surface area contributed by atoms with Gasteiger partial charge in [-0.2, -0.15) is 4.98 Å². The molecular formula is C20H18N2O4. The minimum atomic E-state index is -0.202. The maximum absolute atomic E-state index is 12.6. The number of aromatic nitrogens is 2. The molecule has 4 rings (SSSR count). The van der Waals surface area contributed by atoms with Crippen LogP contribution in [0.15, 0.2) is 41.2 Å². The maximum Gasteiger partial charge on any atom is 0.258 e. The quantitative estimate of drug-likeness (QED) is 0.612. The number of ether oxygens (including phenoxy) is 3. The topological polar surface area (TPSA) is 73.4 Å². The van der Waals surface area contributed by atoms with E-state index < -0.39 is 0 Å². The molecule has 1 aromatic heterocycles. The molecule has 0 unspecified atom stereocenters. The number of hydrogen-bond donors (Lipinski definition) is 1. The van der Waals surface area contributed by atoms with E-state index in [1.807, 2.05) is 31.2 Å². The molecule has 0 radical (unpaired) electrons. The van der Waals surface area contributed by atoms with E-state index >= 15 is 0 Å². The van der Waals surface area contributed by atoms with Crippen LogP contribution in [0.2, 0.25) is 0 Å². The van der Waals surface area contributed by atoms with Crippen LogP contribution in [0.3, 0.4) is 0 Å². The smallest absolute Gasteiger partial charge is 0.258 e. The molecule has 0 bridgehead atoms. The summed E-state index contributed by atoms with van der Waals surface area (Å²) in [6, 6.07) is 11.3. The van der Waals surface area contributed by atoms with E-state index in [1.165, 1.54) is 0 Å². The van der Waals surface area contributed by atoms with Gasteiger partial charge in [0.05, 0.1) is 19.8 Å². The van der Waals surface area contributed by atoms with E-state index in [1.54, 1.807) is 26.4 Å². The van der Waals surface area contributed by atoms with Crippen molar-refractivity contribution >= 4 is 0 Å². The zero-order valence-electron chi connectivity index (χ0n) is 14.8. The van der Waals surface area contributed by atoms with E-state index in [0.717, 1.165) is 16.9 Å². The summed E-state index contributed by atoms with van der Waals surface area (Å²) >= 11 is 0. The summed E-state index contributed by atoms with van der Waals surface area (Å²) in [4.78, 5) is 20.0. The van der Waals surface area contributed by atoms with E-state index in [9.17, 15) is 4.79 Å². The van der Waals surface area contributed by atoms with Gasteiger partial charge in [0.15, 0.2) is 11.5 Å². The van der Waals surface area contributed by atoms with Gasteiger partial charge in [0, 0.05) is 12.0 Å². The number of nitrogens with zero attached hydrogens (tertiary/aromatic N) is 1. The third-order valence-corrected chi connectivity index (χ3v) is 4.42. The Bertz CT molecular complexity index is 1060. The van der Waals surface area contributed by atoms with Crippen molar-refractivity contribution in [2.75, 3.05) is 14.2 Å². The molecule has 0 spiro atoms. The van der Waals surface area contributed by atoms with Crippen LogP contribution in [-0.2, 0) is 6.42 Å². The Morgan fingerprint density at radius 3 is 2.65 bits per heavy atom. The number of hydrogen-bond acceptors (Lipinski definition) is 5. The van der Waals surface area contributed by atoms with Crippen molar-refractivity contribution in [3.05, 3.63) is 63.4 Å². The van der Waals surface area contributed by atoms with Crippen LogP contribution in [0.4, 0.5) is 0 Å². The standard InChI is InChI=1S/C20H18N2O4/c1-11-4-6-15-13(8-11)9-14-19(23)21-18(22-20(14)26-15)12-5-7-16(24-2)17(10-12)25-3/h4-8,10H,9H2,1-3H3,(H,21,22,23). The summed E-state index contributed by atoms with van der Waals surface area (Å²) in [5.41, 5.74) is 3.16. The van der Waals surface area contributed by atoms with Crippen LogP contribution in [0.1, 0.15) is 16.7 Å². The first-order valence-corrected chi connectivity index (χ1v) is 8.22. The van der Waals surface area contributed by atoms with Crippen LogP contribution in [0, 0.1) is 6.92 Å². The molecule has 0 atom stereocenters. The number of rotatable bonds is 3. The number of aryl methyl sites for hydroxylation is 1. The lowest BCUT2D eigenvalue weighted by molar-refractivity contribution is 0.355. The fourth-order valence-electron chi connectivity index (χ4n) is 3.08. The average molecular weight is 350 g/mol. The fraction of sp³-hybridized carbons (Fsp3) is 0.200. The van der Waals surface area contributed by atoms with Crippen LogP contribution in [0.25, 0.3) is 11.4 Å². The van der Waals surface area contributed by atoms with Gasteiger partial charge >= 0.3 is 0 Å². The van der Waals surface area contributed by atoms with Crippen molar-refractivity contribution in [3.8, 4) is 34.5 Å². The molecule has 0 amide bonds. The molecular weight excluding hydrogens is 332 g/mol. The Morgan fingerprint density at radius 2 is 1.88 bits per heavy atom. The molecule has 132 valence electrons. The van der Waals surface area contributed by atoms with Gasteiger partial charge in [0.2, 0.25) is 5.88 Å². The van der Waals surface area contributed by atoms with Gasteiger partial charge in [-0.25, -0.2) is 0 Å². The number of benzene rings is 2. The molecule has 1 N–H and O–H groups in total. The summed E-state index contributed by atoms with van der Waals surface area (Å²) in [6.45, 7) is 2.01. The average Bonchev–Trinajstić information content (AvgIpc) is 2.66.